The Morgan fingerprint density at radius 3 is 1.87 bits per heavy atom. The van der Waals surface area contributed by atoms with Crippen LogP contribution in [0.3, 0.4) is 0 Å². The van der Waals surface area contributed by atoms with Crippen molar-refractivity contribution in [2.75, 3.05) is 6.61 Å². The Hall–Kier alpha value is -1.50. The van der Waals surface area contributed by atoms with Crippen molar-refractivity contribution in [2.24, 2.45) is 0 Å². The molecule has 0 unspecified atom stereocenters. The molecule has 15 heavy (non-hydrogen) atoms. The first-order chi connectivity index (χ1) is 7.07. The second kappa shape index (κ2) is 7.87. The second-order valence-corrected chi connectivity index (χ2v) is 2.44. The molecule has 0 heterocycles. The van der Waals surface area contributed by atoms with Crippen LogP contribution < -0.4 is 0 Å². The summed E-state index contributed by atoms with van der Waals surface area (Å²) in [6.45, 7) is 3.45. The number of benzene rings is 1. The van der Waals surface area contributed by atoms with Gasteiger partial charge in [-0.15, -0.1) is 6.58 Å². The first-order valence-corrected chi connectivity index (χ1v) is 4.13. The van der Waals surface area contributed by atoms with Crippen LogP contribution in [0.5, 0.6) is 11.5 Å². The van der Waals surface area contributed by atoms with Crippen LogP contribution in [-0.4, -0.2) is 34.2 Å². The van der Waals surface area contributed by atoms with E-state index in [1.807, 2.05) is 0 Å². The van der Waals surface area contributed by atoms with Gasteiger partial charge in [0.2, 0.25) is 0 Å². The molecule has 0 amide bonds. The van der Waals surface area contributed by atoms with Crippen LogP contribution in [0.2, 0.25) is 0 Å². The van der Waals surface area contributed by atoms with Crippen LogP contribution in [-0.2, 0) is 4.65 Å². The van der Waals surface area contributed by atoms with E-state index in [4.69, 9.17) is 20.3 Å². The Kier molecular flexibility index (Phi) is 7.08. The Bertz CT molecular complexity index is 269. The lowest BCUT2D eigenvalue weighted by Gasteiger charge is -1.93. The van der Waals surface area contributed by atoms with E-state index in [1.165, 1.54) is 18.2 Å². The van der Waals surface area contributed by atoms with Gasteiger partial charge in [0, 0.05) is 0 Å². The molecule has 0 aromatic heterocycles. The van der Waals surface area contributed by atoms with Crippen LogP contribution >= 0.6 is 0 Å². The highest BCUT2D eigenvalue weighted by atomic mass is 16.6. The van der Waals surface area contributed by atoms with Gasteiger partial charge in [-0.3, -0.25) is 0 Å². The third-order valence-corrected chi connectivity index (χ3v) is 1.24. The van der Waals surface area contributed by atoms with E-state index in [0.717, 1.165) is 0 Å². The van der Waals surface area contributed by atoms with E-state index in [1.54, 1.807) is 12.1 Å². The van der Waals surface area contributed by atoms with Crippen molar-refractivity contribution in [3.63, 3.8) is 0 Å². The van der Waals surface area contributed by atoms with Crippen LogP contribution in [0.15, 0.2) is 36.9 Å². The number of phenolic OH excluding ortho intramolecular Hbond substituents is 2. The fraction of sp³-hybridized carbons (Fsp3) is 0.111. The minimum atomic E-state index is -1.67. The summed E-state index contributed by atoms with van der Waals surface area (Å²) in [6.07, 6.45) is 1.43. The van der Waals surface area contributed by atoms with Crippen LogP contribution in [0, 0.1) is 0 Å². The Morgan fingerprint density at radius 2 is 1.67 bits per heavy atom. The standard InChI is InChI=1S/C6H6O2.C3H7BO3/c7-5-3-1-2-4-6(5)8;1-2-3-7-4(5)6/h1-4,7-8H;2,5-6H,1,3H2. The summed E-state index contributed by atoms with van der Waals surface area (Å²) >= 11 is 0. The normalized spacial score (nSPS) is 8.67. The molecule has 1 aromatic carbocycles. The maximum absolute atomic E-state index is 8.67. The zero-order valence-corrected chi connectivity index (χ0v) is 8.08. The highest BCUT2D eigenvalue weighted by Crippen LogP contribution is 2.21. The van der Waals surface area contributed by atoms with Gasteiger partial charge in [-0.1, -0.05) is 18.2 Å². The monoisotopic (exact) mass is 212 g/mol. The fourth-order valence-corrected chi connectivity index (χ4v) is 0.618. The average molecular weight is 212 g/mol. The summed E-state index contributed by atoms with van der Waals surface area (Å²) in [4.78, 5) is 0. The average Bonchev–Trinajstić information content (AvgIpc) is 2.20. The topological polar surface area (TPSA) is 90.2 Å². The molecule has 4 N–H and O–H groups in total. The Labute approximate surface area is 88.1 Å². The van der Waals surface area contributed by atoms with Crippen molar-refractivity contribution in [3.05, 3.63) is 36.9 Å². The molecule has 0 aliphatic rings. The van der Waals surface area contributed by atoms with Crippen molar-refractivity contribution in [2.45, 2.75) is 0 Å². The third-order valence-electron chi connectivity index (χ3n) is 1.24. The van der Waals surface area contributed by atoms with Crippen molar-refractivity contribution in [1.82, 2.24) is 0 Å². The molecule has 0 atom stereocenters. The largest absolute Gasteiger partial charge is 0.634 e. The number of phenols is 2. The minimum Gasteiger partial charge on any atom is -0.504 e. The predicted octanol–water partition coefficient (Wildman–Crippen LogP) is 0.256. The van der Waals surface area contributed by atoms with Gasteiger partial charge in [-0.05, 0) is 12.1 Å². The summed E-state index contributed by atoms with van der Waals surface area (Å²) in [5.74, 6) is -0.153. The van der Waals surface area contributed by atoms with E-state index in [0.29, 0.717) is 0 Å². The lowest BCUT2D eigenvalue weighted by Crippen LogP contribution is -2.16. The lowest BCUT2D eigenvalue weighted by molar-refractivity contribution is 0.206. The lowest BCUT2D eigenvalue weighted by atomic mass is 10.3. The van der Waals surface area contributed by atoms with Crippen LogP contribution in [0.1, 0.15) is 0 Å². The second-order valence-electron chi connectivity index (χ2n) is 2.44. The number of rotatable bonds is 3. The summed E-state index contributed by atoms with van der Waals surface area (Å²) in [5, 5.41) is 33.3. The fourth-order valence-electron chi connectivity index (χ4n) is 0.618. The van der Waals surface area contributed by atoms with Gasteiger partial charge in [0.1, 0.15) is 0 Å². The SMILES string of the molecule is C=CCOB(O)O.Oc1ccccc1O. The molecule has 82 valence electrons. The van der Waals surface area contributed by atoms with Gasteiger partial charge >= 0.3 is 7.32 Å². The molecule has 0 radical (unpaired) electrons. The Morgan fingerprint density at radius 1 is 1.20 bits per heavy atom. The first-order valence-electron chi connectivity index (χ1n) is 4.13. The van der Waals surface area contributed by atoms with E-state index < -0.39 is 7.32 Å². The molecule has 0 fully saturated rings. The summed E-state index contributed by atoms with van der Waals surface area (Å²) in [6, 6.07) is 6.15. The highest BCUT2D eigenvalue weighted by molar-refractivity contribution is 6.32. The highest BCUT2D eigenvalue weighted by Gasteiger charge is 2.04. The van der Waals surface area contributed by atoms with E-state index in [2.05, 4.69) is 11.2 Å². The molecule has 0 saturated heterocycles. The Balaban J connectivity index is 0.000000265. The van der Waals surface area contributed by atoms with Gasteiger partial charge in [-0.2, -0.15) is 0 Å². The molecule has 0 bridgehead atoms. The van der Waals surface area contributed by atoms with E-state index >= 15 is 0 Å². The molecular weight excluding hydrogens is 199 g/mol. The number of para-hydroxylation sites is 2. The quantitative estimate of drug-likeness (QED) is 0.327. The smallest absolute Gasteiger partial charge is 0.504 e. The van der Waals surface area contributed by atoms with E-state index in [9.17, 15) is 0 Å². The van der Waals surface area contributed by atoms with Gasteiger partial charge in [0.25, 0.3) is 0 Å². The maximum atomic E-state index is 8.67. The molecule has 5 nitrogen and oxygen atoms in total. The number of aromatic hydroxyl groups is 2. The predicted molar refractivity (Wildman–Crippen MR) is 56.1 cm³/mol. The zero-order chi connectivity index (χ0) is 11.7. The molecule has 0 saturated carbocycles. The van der Waals surface area contributed by atoms with Crippen LogP contribution in [0.4, 0.5) is 0 Å². The summed E-state index contributed by atoms with van der Waals surface area (Å²) in [5.41, 5.74) is 0. The van der Waals surface area contributed by atoms with Crippen LogP contribution in [0.25, 0.3) is 0 Å². The van der Waals surface area contributed by atoms with E-state index in [-0.39, 0.29) is 18.1 Å². The van der Waals surface area contributed by atoms with Gasteiger partial charge in [0.05, 0.1) is 6.61 Å². The van der Waals surface area contributed by atoms with Crippen molar-refractivity contribution in [3.8, 4) is 11.5 Å². The number of hydrogen-bond acceptors (Lipinski definition) is 5. The number of hydrogen-bond donors (Lipinski definition) is 4. The summed E-state index contributed by atoms with van der Waals surface area (Å²) < 4.78 is 4.18. The van der Waals surface area contributed by atoms with Crippen molar-refractivity contribution >= 4 is 7.32 Å². The summed E-state index contributed by atoms with van der Waals surface area (Å²) in [7, 11) is -1.67. The van der Waals surface area contributed by atoms with Gasteiger partial charge in [-0.25, -0.2) is 0 Å². The maximum Gasteiger partial charge on any atom is 0.634 e. The third kappa shape index (κ3) is 7.57. The molecule has 0 aliphatic heterocycles. The molecular formula is C9H13BO5. The minimum absolute atomic E-state index is 0.0764. The first kappa shape index (κ1) is 13.5. The van der Waals surface area contributed by atoms with Gasteiger partial charge in [0.15, 0.2) is 11.5 Å². The molecule has 1 rings (SSSR count). The van der Waals surface area contributed by atoms with Crippen molar-refractivity contribution < 1.29 is 24.9 Å². The molecule has 0 aliphatic carbocycles. The zero-order valence-electron chi connectivity index (χ0n) is 8.08. The van der Waals surface area contributed by atoms with Gasteiger partial charge < -0.3 is 24.9 Å². The molecule has 6 heteroatoms. The molecule has 0 spiro atoms. The van der Waals surface area contributed by atoms with Crippen molar-refractivity contribution in [1.29, 1.82) is 0 Å². The molecule has 1 aromatic rings.